The highest BCUT2D eigenvalue weighted by Gasteiger charge is 2.21. The molecular weight excluding hydrogens is 284 g/mol. The molecule has 1 aromatic carbocycles. The van der Waals surface area contributed by atoms with Crippen LogP contribution in [0.25, 0.3) is 0 Å². The van der Waals surface area contributed by atoms with Crippen LogP contribution in [0.3, 0.4) is 0 Å². The van der Waals surface area contributed by atoms with E-state index in [4.69, 9.17) is 0 Å². The van der Waals surface area contributed by atoms with Crippen LogP contribution in [0.4, 0.5) is 0 Å². The molecule has 2 rings (SSSR count). The van der Waals surface area contributed by atoms with Crippen molar-refractivity contribution in [2.75, 3.05) is 20.1 Å². The van der Waals surface area contributed by atoms with Gasteiger partial charge in [0.25, 0.3) is 0 Å². The first-order valence-electron chi connectivity index (χ1n) is 7.70. The van der Waals surface area contributed by atoms with Crippen LogP contribution >= 0.6 is 0 Å². The summed E-state index contributed by atoms with van der Waals surface area (Å²) in [5.74, 6) is 0.410. The van der Waals surface area contributed by atoms with Gasteiger partial charge >= 0.3 is 0 Å². The van der Waals surface area contributed by atoms with Crippen LogP contribution in [0.2, 0.25) is 0 Å². The Morgan fingerprint density at radius 2 is 1.95 bits per heavy atom. The van der Waals surface area contributed by atoms with Crippen LogP contribution in [0.15, 0.2) is 29.2 Å². The number of likely N-dealkylation sites (tertiary alicyclic amines) is 1. The molecular formula is C16H26N2O2S. The largest absolute Gasteiger partial charge is 0.303 e. The Hall–Kier alpha value is -0.910. The third kappa shape index (κ3) is 4.28. The summed E-state index contributed by atoms with van der Waals surface area (Å²) in [5, 5.41) is 0. The Labute approximate surface area is 128 Å². The summed E-state index contributed by atoms with van der Waals surface area (Å²) < 4.78 is 27.2. The number of rotatable bonds is 6. The molecule has 1 heterocycles. The highest BCUT2D eigenvalue weighted by molar-refractivity contribution is 7.89. The van der Waals surface area contributed by atoms with E-state index < -0.39 is 10.0 Å². The molecule has 1 aliphatic rings. The molecule has 1 atom stereocenters. The Morgan fingerprint density at radius 1 is 1.29 bits per heavy atom. The lowest BCUT2D eigenvalue weighted by atomic mass is 10.0. The predicted octanol–water partition coefficient (Wildman–Crippen LogP) is 2.57. The van der Waals surface area contributed by atoms with Crippen LogP contribution in [-0.4, -0.2) is 39.5 Å². The zero-order valence-electron chi connectivity index (χ0n) is 13.2. The lowest BCUT2D eigenvalue weighted by molar-refractivity contribution is 0.297. The molecule has 1 N–H and O–H groups in total. The number of nitrogens with zero attached hydrogens (tertiary/aromatic N) is 1. The van der Waals surface area contributed by atoms with Gasteiger partial charge in [-0.15, -0.1) is 0 Å². The van der Waals surface area contributed by atoms with Gasteiger partial charge in [0.15, 0.2) is 0 Å². The van der Waals surface area contributed by atoms with Gasteiger partial charge in [-0.3, -0.25) is 0 Å². The second-order valence-corrected chi connectivity index (χ2v) is 7.95. The Kier molecular flexibility index (Phi) is 5.41. The van der Waals surface area contributed by atoms with Gasteiger partial charge in [-0.1, -0.05) is 26.0 Å². The number of benzene rings is 1. The molecule has 0 bridgehead atoms. The van der Waals surface area contributed by atoms with Crippen LogP contribution in [-0.2, 0) is 10.0 Å². The van der Waals surface area contributed by atoms with Crippen molar-refractivity contribution >= 4 is 10.0 Å². The van der Waals surface area contributed by atoms with Crippen molar-refractivity contribution in [3.63, 3.8) is 0 Å². The first kappa shape index (κ1) is 16.5. The molecule has 21 heavy (non-hydrogen) atoms. The lowest BCUT2D eigenvalue weighted by Gasteiger charge is -2.19. The normalized spacial score (nSPS) is 20.3. The summed E-state index contributed by atoms with van der Waals surface area (Å²) in [6.07, 6.45) is 3.26. The molecule has 4 nitrogen and oxygen atoms in total. The van der Waals surface area contributed by atoms with Gasteiger partial charge in [-0.2, -0.15) is 0 Å². The van der Waals surface area contributed by atoms with E-state index in [-0.39, 0.29) is 0 Å². The second-order valence-electron chi connectivity index (χ2n) is 6.19. The summed E-state index contributed by atoms with van der Waals surface area (Å²) >= 11 is 0. The second kappa shape index (κ2) is 6.90. The molecule has 118 valence electrons. The number of nitrogens with one attached hydrogen (secondary N) is 1. The molecule has 0 saturated carbocycles. The van der Waals surface area contributed by atoms with E-state index in [2.05, 4.69) is 30.5 Å². The zero-order chi connectivity index (χ0) is 15.5. The van der Waals surface area contributed by atoms with Crippen LogP contribution in [0.1, 0.15) is 44.6 Å². The highest BCUT2D eigenvalue weighted by atomic mass is 32.2. The van der Waals surface area contributed by atoms with E-state index in [1.165, 1.54) is 12.8 Å². The van der Waals surface area contributed by atoms with Gasteiger partial charge in [0, 0.05) is 12.6 Å². The van der Waals surface area contributed by atoms with Gasteiger partial charge in [0.05, 0.1) is 4.90 Å². The first-order chi connectivity index (χ1) is 9.90. The van der Waals surface area contributed by atoms with Gasteiger partial charge in [-0.05, 0) is 56.5 Å². The average molecular weight is 310 g/mol. The third-order valence-corrected chi connectivity index (χ3v) is 5.78. The fraction of sp³-hybridized carbons (Fsp3) is 0.625. The molecule has 5 heteroatoms. The van der Waals surface area contributed by atoms with Crippen LogP contribution in [0, 0.1) is 0 Å². The van der Waals surface area contributed by atoms with E-state index >= 15 is 0 Å². The molecule has 0 aliphatic carbocycles. The van der Waals surface area contributed by atoms with Gasteiger partial charge in [0.1, 0.15) is 0 Å². The summed E-state index contributed by atoms with van der Waals surface area (Å²) in [4.78, 5) is 2.66. The topological polar surface area (TPSA) is 49.4 Å². The molecule has 0 spiro atoms. The van der Waals surface area contributed by atoms with Crippen molar-refractivity contribution < 1.29 is 8.42 Å². The minimum Gasteiger partial charge on any atom is -0.303 e. The van der Waals surface area contributed by atoms with Crippen LogP contribution in [0.5, 0.6) is 0 Å². The van der Waals surface area contributed by atoms with Crippen molar-refractivity contribution in [1.29, 1.82) is 0 Å². The molecule has 0 amide bonds. The lowest BCUT2D eigenvalue weighted by Crippen LogP contribution is -2.31. The summed E-state index contributed by atoms with van der Waals surface area (Å²) in [6, 6.07) is 7.68. The van der Waals surface area contributed by atoms with E-state index in [1.807, 2.05) is 12.1 Å². The fourth-order valence-corrected chi connectivity index (χ4v) is 3.87. The minimum atomic E-state index is -3.38. The molecule has 1 aliphatic heterocycles. The van der Waals surface area contributed by atoms with Gasteiger partial charge in [0.2, 0.25) is 10.0 Å². The van der Waals surface area contributed by atoms with Gasteiger partial charge < -0.3 is 4.90 Å². The van der Waals surface area contributed by atoms with Gasteiger partial charge in [-0.25, -0.2) is 13.1 Å². The summed E-state index contributed by atoms with van der Waals surface area (Å²) in [6.45, 7) is 5.82. The Bertz CT molecular complexity index is 552. The molecule has 0 radical (unpaired) electrons. The van der Waals surface area contributed by atoms with E-state index in [9.17, 15) is 8.42 Å². The maximum atomic E-state index is 12.2. The standard InChI is InChI=1S/C16H26N2O2S/c1-13(2)14-6-8-16(9-7-14)21(19,20)17-11-10-15-5-4-12-18(15)3/h6-9,13,15,17H,4-5,10-12H2,1-3H3. The fourth-order valence-electron chi connectivity index (χ4n) is 2.82. The van der Waals surface area contributed by atoms with Crippen molar-refractivity contribution in [2.45, 2.75) is 50.0 Å². The van der Waals surface area contributed by atoms with Crippen molar-refractivity contribution in [3.05, 3.63) is 29.8 Å². The maximum Gasteiger partial charge on any atom is 0.240 e. The summed E-state index contributed by atoms with van der Waals surface area (Å²) in [5.41, 5.74) is 1.15. The minimum absolute atomic E-state index is 0.353. The zero-order valence-corrected chi connectivity index (χ0v) is 14.0. The molecule has 1 unspecified atom stereocenters. The van der Waals surface area contributed by atoms with Crippen molar-refractivity contribution in [3.8, 4) is 0 Å². The maximum absolute atomic E-state index is 12.2. The number of sulfonamides is 1. The molecule has 1 saturated heterocycles. The van der Waals surface area contributed by atoms with E-state index in [0.29, 0.717) is 23.4 Å². The number of hydrogen-bond acceptors (Lipinski definition) is 3. The third-order valence-electron chi connectivity index (χ3n) is 4.30. The van der Waals surface area contributed by atoms with Crippen molar-refractivity contribution in [1.82, 2.24) is 9.62 Å². The predicted molar refractivity (Wildman–Crippen MR) is 86.0 cm³/mol. The smallest absolute Gasteiger partial charge is 0.240 e. The van der Waals surface area contributed by atoms with Crippen molar-refractivity contribution in [2.24, 2.45) is 0 Å². The summed E-state index contributed by atoms with van der Waals surface area (Å²) in [7, 11) is -1.27. The molecule has 0 aromatic heterocycles. The van der Waals surface area contributed by atoms with Crippen LogP contribution < -0.4 is 4.72 Å². The SMILES string of the molecule is CC(C)c1ccc(S(=O)(=O)NCCC2CCCN2C)cc1. The molecule has 1 fully saturated rings. The average Bonchev–Trinajstić information content (AvgIpc) is 2.84. The van der Waals surface area contributed by atoms with E-state index in [0.717, 1.165) is 18.5 Å². The Balaban J connectivity index is 1.92. The highest BCUT2D eigenvalue weighted by Crippen LogP contribution is 2.19. The number of hydrogen-bond donors (Lipinski definition) is 1. The first-order valence-corrected chi connectivity index (χ1v) is 9.18. The quantitative estimate of drug-likeness (QED) is 0.878. The van der Waals surface area contributed by atoms with E-state index in [1.54, 1.807) is 12.1 Å². The Morgan fingerprint density at radius 3 is 2.48 bits per heavy atom. The monoisotopic (exact) mass is 310 g/mol. The molecule has 1 aromatic rings.